The number of benzene rings is 1. The number of carbonyl (C=O) groups excluding carboxylic acids is 1. The van der Waals surface area contributed by atoms with E-state index in [0.717, 1.165) is 0 Å². The fourth-order valence-corrected chi connectivity index (χ4v) is 1.45. The van der Waals surface area contributed by atoms with Crippen molar-refractivity contribution in [2.45, 2.75) is 13.8 Å². The van der Waals surface area contributed by atoms with Crippen molar-refractivity contribution in [2.75, 3.05) is 18.9 Å². The molecule has 2 N–H and O–H groups in total. The molecule has 88 valence electrons. The molecule has 0 aliphatic carbocycles. The van der Waals surface area contributed by atoms with Gasteiger partial charge in [-0.15, -0.1) is 0 Å². The summed E-state index contributed by atoms with van der Waals surface area (Å²) in [6.45, 7) is 4.32. The molecule has 0 saturated carbocycles. The van der Waals surface area contributed by atoms with Gasteiger partial charge in [0, 0.05) is 5.69 Å². The summed E-state index contributed by atoms with van der Waals surface area (Å²) in [5, 5.41) is 0.382. The molecule has 1 rings (SSSR count). The second-order valence-electron chi connectivity index (χ2n) is 3.02. The van der Waals surface area contributed by atoms with Crippen molar-refractivity contribution in [1.82, 2.24) is 0 Å². The Bertz CT molecular complexity index is 393. The smallest absolute Gasteiger partial charge is 0.340 e. The fourth-order valence-electron chi connectivity index (χ4n) is 1.22. The number of nitrogens with two attached hydrogens (primary N) is 1. The number of nitrogen functional groups attached to an aromatic ring is 1. The Hall–Kier alpha value is -1.42. The van der Waals surface area contributed by atoms with Crippen molar-refractivity contribution >= 4 is 23.3 Å². The second-order valence-corrected chi connectivity index (χ2v) is 3.43. The van der Waals surface area contributed by atoms with Crippen LogP contribution in [0, 0.1) is 0 Å². The number of ether oxygens (including phenoxy) is 2. The molecule has 0 saturated heterocycles. The monoisotopic (exact) mass is 243 g/mol. The van der Waals surface area contributed by atoms with Crippen molar-refractivity contribution in [3.63, 3.8) is 0 Å². The van der Waals surface area contributed by atoms with Crippen LogP contribution in [0.15, 0.2) is 12.1 Å². The van der Waals surface area contributed by atoms with E-state index in [1.807, 2.05) is 6.92 Å². The Morgan fingerprint density at radius 2 is 2.06 bits per heavy atom. The minimum absolute atomic E-state index is 0.273. The molecule has 0 aromatic heterocycles. The largest absolute Gasteiger partial charge is 0.492 e. The van der Waals surface area contributed by atoms with E-state index in [1.54, 1.807) is 6.92 Å². The third-order valence-corrected chi connectivity index (χ3v) is 2.19. The van der Waals surface area contributed by atoms with Crippen molar-refractivity contribution in [3.8, 4) is 5.75 Å². The predicted molar refractivity (Wildman–Crippen MR) is 63.0 cm³/mol. The summed E-state index contributed by atoms with van der Waals surface area (Å²) in [7, 11) is 0. The molecule has 0 aliphatic rings. The van der Waals surface area contributed by atoms with Crippen molar-refractivity contribution in [3.05, 3.63) is 22.7 Å². The van der Waals surface area contributed by atoms with Gasteiger partial charge in [-0.25, -0.2) is 4.79 Å². The van der Waals surface area contributed by atoms with Gasteiger partial charge in [0.05, 0.1) is 23.8 Å². The topological polar surface area (TPSA) is 61.5 Å². The molecule has 0 amide bonds. The highest BCUT2D eigenvalue weighted by Gasteiger charge is 2.14. The van der Waals surface area contributed by atoms with E-state index >= 15 is 0 Å². The van der Waals surface area contributed by atoms with Gasteiger partial charge in [-0.1, -0.05) is 11.6 Å². The Labute approximate surface area is 99.3 Å². The van der Waals surface area contributed by atoms with E-state index in [4.69, 9.17) is 26.8 Å². The van der Waals surface area contributed by atoms with Crippen LogP contribution in [-0.2, 0) is 4.74 Å². The van der Waals surface area contributed by atoms with Gasteiger partial charge in [0.25, 0.3) is 0 Å². The molecular formula is C11H14ClNO3. The number of hydrogen-bond acceptors (Lipinski definition) is 4. The van der Waals surface area contributed by atoms with Crippen molar-refractivity contribution in [1.29, 1.82) is 0 Å². The van der Waals surface area contributed by atoms with Gasteiger partial charge >= 0.3 is 5.97 Å². The first kappa shape index (κ1) is 12.6. The average Bonchev–Trinajstić information content (AvgIpc) is 2.22. The first-order valence-corrected chi connectivity index (χ1v) is 5.36. The lowest BCUT2D eigenvalue weighted by Crippen LogP contribution is -2.08. The van der Waals surface area contributed by atoms with Gasteiger partial charge in [-0.3, -0.25) is 0 Å². The number of carbonyl (C=O) groups is 1. The number of rotatable bonds is 4. The van der Waals surface area contributed by atoms with Gasteiger partial charge in [0.1, 0.15) is 5.75 Å². The quantitative estimate of drug-likeness (QED) is 0.652. The highest BCUT2D eigenvalue weighted by Crippen LogP contribution is 2.30. The third kappa shape index (κ3) is 2.79. The predicted octanol–water partition coefficient (Wildman–Crippen LogP) is 2.50. The van der Waals surface area contributed by atoms with Crippen molar-refractivity contribution < 1.29 is 14.3 Å². The minimum atomic E-state index is -0.474. The maximum Gasteiger partial charge on any atom is 0.340 e. The van der Waals surface area contributed by atoms with E-state index in [2.05, 4.69) is 0 Å². The van der Waals surface area contributed by atoms with Gasteiger partial charge in [0.15, 0.2) is 0 Å². The van der Waals surface area contributed by atoms with E-state index in [-0.39, 0.29) is 11.3 Å². The van der Waals surface area contributed by atoms with Crippen molar-refractivity contribution in [2.24, 2.45) is 0 Å². The van der Waals surface area contributed by atoms with E-state index in [1.165, 1.54) is 12.1 Å². The van der Waals surface area contributed by atoms with Crippen LogP contribution in [0.5, 0.6) is 5.75 Å². The zero-order chi connectivity index (χ0) is 12.1. The van der Waals surface area contributed by atoms with Crippen LogP contribution in [-0.4, -0.2) is 19.2 Å². The molecule has 0 heterocycles. The van der Waals surface area contributed by atoms with Crippen LogP contribution < -0.4 is 10.5 Å². The molecule has 0 radical (unpaired) electrons. The highest BCUT2D eigenvalue weighted by atomic mass is 35.5. The molecule has 1 aromatic carbocycles. The van der Waals surface area contributed by atoms with Crippen LogP contribution in [0.25, 0.3) is 0 Å². The van der Waals surface area contributed by atoms with Gasteiger partial charge in [-0.2, -0.15) is 0 Å². The summed E-state index contributed by atoms with van der Waals surface area (Å²) >= 11 is 5.90. The van der Waals surface area contributed by atoms with Crippen LogP contribution in [0.4, 0.5) is 5.69 Å². The third-order valence-electron chi connectivity index (χ3n) is 1.90. The lowest BCUT2D eigenvalue weighted by Gasteiger charge is -2.10. The molecule has 4 nitrogen and oxygen atoms in total. The van der Waals surface area contributed by atoms with E-state index in [9.17, 15) is 4.79 Å². The zero-order valence-electron chi connectivity index (χ0n) is 9.25. The summed E-state index contributed by atoms with van der Waals surface area (Å²) in [6.07, 6.45) is 0. The Kier molecular flexibility index (Phi) is 4.43. The van der Waals surface area contributed by atoms with Gasteiger partial charge in [0.2, 0.25) is 0 Å². The lowest BCUT2D eigenvalue weighted by atomic mass is 10.1. The molecule has 0 aliphatic heterocycles. The average molecular weight is 244 g/mol. The van der Waals surface area contributed by atoms with Crippen LogP contribution in [0.2, 0.25) is 5.02 Å². The second kappa shape index (κ2) is 5.61. The molecule has 0 fully saturated rings. The standard InChI is InChI=1S/C11H14ClNO3/c1-3-15-10-5-7(11(14)16-4-2)9(13)6-8(10)12/h5-6H,3-4,13H2,1-2H3. The Balaban J connectivity index is 3.08. The van der Waals surface area contributed by atoms with Crippen LogP contribution >= 0.6 is 11.6 Å². The molecule has 0 unspecified atom stereocenters. The Morgan fingerprint density at radius 3 is 2.62 bits per heavy atom. The minimum Gasteiger partial charge on any atom is -0.492 e. The molecule has 0 atom stereocenters. The molecule has 5 heteroatoms. The molecular weight excluding hydrogens is 230 g/mol. The van der Waals surface area contributed by atoms with Gasteiger partial charge < -0.3 is 15.2 Å². The molecule has 0 bridgehead atoms. The number of anilines is 1. The van der Waals surface area contributed by atoms with Crippen LogP contribution in [0.3, 0.4) is 0 Å². The van der Waals surface area contributed by atoms with Gasteiger partial charge in [-0.05, 0) is 26.0 Å². The molecule has 0 spiro atoms. The normalized spacial score (nSPS) is 9.94. The van der Waals surface area contributed by atoms with E-state index < -0.39 is 5.97 Å². The lowest BCUT2D eigenvalue weighted by molar-refractivity contribution is 0.0527. The summed E-state index contributed by atoms with van der Waals surface area (Å²) < 4.78 is 10.1. The first-order chi connectivity index (χ1) is 7.60. The summed E-state index contributed by atoms with van der Waals surface area (Å²) in [5.74, 6) is -0.0426. The first-order valence-electron chi connectivity index (χ1n) is 4.99. The zero-order valence-corrected chi connectivity index (χ0v) is 10.0. The fraction of sp³-hybridized carbons (Fsp3) is 0.364. The highest BCUT2D eigenvalue weighted by molar-refractivity contribution is 6.32. The maximum absolute atomic E-state index is 11.5. The number of halogens is 1. The summed E-state index contributed by atoms with van der Waals surface area (Å²) in [4.78, 5) is 11.5. The SMILES string of the molecule is CCOC(=O)c1cc(OCC)c(Cl)cc1N. The van der Waals surface area contributed by atoms with Crippen LogP contribution in [0.1, 0.15) is 24.2 Å². The number of esters is 1. The van der Waals surface area contributed by atoms with E-state index in [0.29, 0.717) is 24.0 Å². The molecule has 16 heavy (non-hydrogen) atoms. The maximum atomic E-state index is 11.5. The summed E-state index contributed by atoms with van der Waals surface area (Å²) in [6, 6.07) is 2.98. The Morgan fingerprint density at radius 1 is 1.38 bits per heavy atom. The number of hydrogen-bond donors (Lipinski definition) is 1. The molecule has 1 aromatic rings. The summed E-state index contributed by atoms with van der Waals surface area (Å²) in [5.41, 5.74) is 6.23.